The highest BCUT2D eigenvalue weighted by atomic mass is 32.2. The number of hydrogen-bond acceptors (Lipinski definition) is 2. The van der Waals surface area contributed by atoms with Crippen molar-refractivity contribution in [2.75, 3.05) is 4.72 Å². The van der Waals surface area contributed by atoms with Crippen LogP contribution in [0.5, 0.6) is 0 Å². The maximum absolute atomic E-state index is 13.8. The van der Waals surface area contributed by atoms with Gasteiger partial charge in [-0.1, -0.05) is 12.1 Å². The molecule has 22 heavy (non-hydrogen) atoms. The van der Waals surface area contributed by atoms with Crippen LogP contribution in [0.3, 0.4) is 0 Å². The summed E-state index contributed by atoms with van der Waals surface area (Å²) >= 11 is 0. The molecule has 0 atom stereocenters. The molecule has 0 amide bonds. The Labute approximate surface area is 130 Å². The van der Waals surface area contributed by atoms with Gasteiger partial charge in [-0.25, -0.2) is 12.8 Å². The number of halogens is 1. The normalized spacial score (nSPS) is 14.5. The lowest BCUT2D eigenvalue weighted by molar-refractivity contribution is 0.597. The molecule has 0 saturated heterocycles. The first kappa shape index (κ1) is 15.0. The molecule has 0 fully saturated rings. The molecule has 5 heteroatoms. The van der Waals surface area contributed by atoms with E-state index >= 15 is 0 Å². The van der Waals surface area contributed by atoms with Gasteiger partial charge in [0, 0.05) is 0 Å². The Hall–Kier alpha value is -1.88. The summed E-state index contributed by atoms with van der Waals surface area (Å²) in [4.78, 5) is 0.188. The van der Waals surface area contributed by atoms with Crippen molar-refractivity contribution in [1.29, 1.82) is 0 Å². The Morgan fingerprint density at radius 2 is 1.73 bits per heavy atom. The molecule has 2 aromatic rings. The van der Waals surface area contributed by atoms with Crippen LogP contribution in [0.15, 0.2) is 41.3 Å². The third-order valence-corrected chi connectivity index (χ3v) is 5.36. The highest BCUT2D eigenvalue weighted by Gasteiger charge is 2.19. The van der Waals surface area contributed by atoms with E-state index in [9.17, 15) is 12.8 Å². The van der Waals surface area contributed by atoms with Crippen LogP contribution in [0, 0.1) is 12.7 Å². The second-order valence-electron chi connectivity index (χ2n) is 5.73. The highest BCUT2D eigenvalue weighted by molar-refractivity contribution is 7.92. The molecule has 0 radical (unpaired) electrons. The SMILES string of the molecule is Cc1ccc(NS(=O)(=O)c2ccc3c(c2)CCCC3)c(F)c1. The van der Waals surface area contributed by atoms with Crippen molar-refractivity contribution in [2.45, 2.75) is 37.5 Å². The summed E-state index contributed by atoms with van der Waals surface area (Å²) in [5, 5.41) is 0. The molecule has 1 aliphatic rings. The maximum atomic E-state index is 13.8. The fraction of sp³-hybridized carbons (Fsp3) is 0.294. The van der Waals surface area contributed by atoms with Crippen LogP contribution in [0.2, 0.25) is 0 Å². The van der Waals surface area contributed by atoms with E-state index in [1.165, 1.54) is 17.7 Å². The van der Waals surface area contributed by atoms with E-state index in [0.717, 1.165) is 36.8 Å². The van der Waals surface area contributed by atoms with Crippen molar-refractivity contribution < 1.29 is 12.8 Å². The van der Waals surface area contributed by atoms with E-state index < -0.39 is 15.8 Å². The van der Waals surface area contributed by atoms with Crippen molar-refractivity contribution >= 4 is 15.7 Å². The molecule has 2 aromatic carbocycles. The van der Waals surface area contributed by atoms with Crippen molar-refractivity contribution in [3.05, 3.63) is 58.9 Å². The summed E-state index contributed by atoms with van der Waals surface area (Å²) in [7, 11) is -3.77. The Balaban J connectivity index is 1.92. The summed E-state index contributed by atoms with van der Waals surface area (Å²) in [6.45, 7) is 1.75. The second kappa shape index (κ2) is 5.72. The van der Waals surface area contributed by atoms with Gasteiger partial charge < -0.3 is 0 Å². The number of aryl methyl sites for hydroxylation is 3. The maximum Gasteiger partial charge on any atom is 0.261 e. The number of fused-ring (bicyclic) bond motifs is 1. The van der Waals surface area contributed by atoms with Gasteiger partial charge in [-0.05, 0) is 73.6 Å². The summed E-state index contributed by atoms with van der Waals surface area (Å²) in [5.41, 5.74) is 3.02. The Kier molecular flexibility index (Phi) is 3.91. The van der Waals surface area contributed by atoms with Crippen LogP contribution in [-0.4, -0.2) is 8.42 Å². The van der Waals surface area contributed by atoms with Crippen LogP contribution in [0.25, 0.3) is 0 Å². The second-order valence-corrected chi connectivity index (χ2v) is 7.41. The number of anilines is 1. The van der Waals surface area contributed by atoms with Gasteiger partial charge >= 0.3 is 0 Å². The average molecular weight is 319 g/mol. The average Bonchev–Trinajstić information content (AvgIpc) is 2.49. The fourth-order valence-electron chi connectivity index (χ4n) is 2.78. The number of rotatable bonds is 3. The number of benzene rings is 2. The lowest BCUT2D eigenvalue weighted by atomic mass is 9.92. The predicted molar refractivity (Wildman–Crippen MR) is 85.0 cm³/mol. The van der Waals surface area contributed by atoms with Gasteiger partial charge in [0.1, 0.15) is 5.82 Å². The third kappa shape index (κ3) is 2.99. The van der Waals surface area contributed by atoms with E-state index in [1.807, 2.05) is 6.07 Å². The van der Waals surface area contributed by atoms with Crippen molar-refractivity contribution in [1.82, 2.24) is 0 Å². The third-order valence-electron chi connectivity index (χ3n) is 4.00. The van der Waals surface area contributed by atoms with Crippen molar-refractivity contribution in [3.8, 4) is 0 Å². The molecule has 116 valence electrons. The molecule has 1 aliphatic carbocycles. The van der Waals surface area contributed by atoms with Crippen molar-refractivity contribution in [2.24, 2.45) is 0 Å². The van der Waals surface area contributed by atoms with E-state index in [0.29, 0.717) is 0 Å². The van der Waals surface area contributed by atoms with Gasteiger partial charge in [-0.15, -0.1) is 0 Å². The number of hydrogen-bond donors (Lipinski definition) is 1. The fourth-order valence-corrected chi connectivity index (χ4v) is 3.90. The minimum Gasteiger partial charge on any atom is -0.277 e. The summed E-state index contributed by atoms with van der Waals surface area (Å²) in [6, 6.07) is 9.61. The molecular formula is C17H18FNO2S. The summed E-state index contributed by atoms with van der Waals surface area (Å²) < 4.78 is 41.1. The quantitative estimate of drug-likeness (QED) is 0.935. The number of sulfonamides is 1. The monoisotopic (exact) mass is 319 g/mol. The molecule has 0 aromatic heterocycles. The Morgan fingerprint density at radius 3 is 2.45 bits per heavy atom. The highest BCUT2D eigenvalue weighted by Crippen LogP contribution is 2.26. The number of nitrogens with one attached hydrogen (secondary N) is 1. The molecule has 0 bridgehead atoms. The Morgan fingerprint density at radius 1 is 1.00 bits per heavy atom. The molecule has 3 rings (SSSR count). The predicted octanol–water partition coefficient (Wildman–Crippen LogP) is 3.81. The molecular weight excluding hydrogens is 301 g/mol. The molecule has 0 heterocycles. The minimum atomic E-state index is -3.77. The van der Waals surface area contributed by atoms with Crippen LogP contribution >= 0.6 is 0 Å². The molecule has 3 nitrogen and oxygen atoms in total. The van der Waals surface area contributed by atoms with Crippen LogP contribution in [-0.2, 0) is 22.9 Å². The van der Waals surface area contributed by atoms with Gasteiger partial charge in [0.15, 0.2) is 0 Å². The first-order chi connectivity index (χ1) is 10.5. The van der Waals surface area contributed by atoms with E-state index in [2.05, 4.69) is 4.72 Å². The van der Waals surface area contributed by atoms with E-state index in [4.69, 9.17) is 0 Å². The van der Waals surface area contributed by atoms with Crippen LogP contribution < -0.4 is 4.72 Å². The van der Waals surface area contributed by atoms with E-state index in [1.54, 1.807) is 25.1 Å². The zero-order valence-electron chi connectivity index (χ0n) is 12.4. The van der Waals surface area contributed by atoms with Crippen LogP contribution in [0.4, 0.5) is 10.1 Å². The van der Waals surface area contributed by atoms with Crippen molar-refractivity contribution in [3.63, 3.8) is 0 Å². The van der Waals surface area contributed by atoms with Crippen LogP contribution in [0.1, 0.15) is 29.5 Å². The zero-order valence-corrected chi connectivity index (χ0v) is 13.2. The summed E-state index contributed by atoms with van der Waals surface area (Å²) in [6.07, 6.45) is 4.12. The smallest absolute Gasteiger partial charge is 0.261 e. The van der Waals surface area contributed by atoms with Gasteiger partial charge in [0.05, 0.1) is 10.6 Å². The standard InChI is InChI=1S/C17H18FNO2S/c1-12-6-9-17(16(18)10-12)19-22(20,21)15-8-7-13-4-2-3-5-14(13)11-15/h6-11,19H,2-5H2,1H3. The lowest BCUT2D eigenvalue weighted by Crippen LogP contribution is -2.15. The molecule has 1 N–H and O–H groups in total. The largest absolute Gasteiger partial charge is 0.277 e. The molecule has 0 unspecified atom stereocenters. The molecule has 0 saturated carbocycles. The van der Waals surface area contributed by atoms with Gasteiger partial charge in [-0.2, -0.15) is 0 Å². The molecule has 0 aliphatic heterocycles. The molecule has 0 spiro atoms. The summed E-state index contributed by atoms with van der Waals surface area (Å²) in [5.74, 6) is -0.568. The Bertz CT molecular complexity index is 815. The first-order valence-corrected chi connectivity index (χ1v) is 8.85. The topological polar surface area (TPSA) is 46.2 Å². The van der Waals surface area contributed by atoms with Gasteiger partial charge in [0.2, 0.25) is 0 Å². The first-order valence-electron chi connectivity index (χ1n) is 7.36. The minimum absolute atomic E-state index is 0.0247. The zero-order chi connectivity index (χ0) is 15.7. The lowest BCUT2D eigenvalue weighted by Gasteiger charge is -2.17. The van der Waals surface area contributed by atoms with E-state index in [-0.39, 0.29) is 10.6 Å². The van der Waals surface area contributed by atoms with Gasteiger partial charge in [0.25, 0.3) is 10.0 Å². The van der Waals surface area contributed by atoms with Gasteiger partial charge in [-0.3, -0.25) is 4.72 Å².